The van der Waals surface area contributed by atoms with Crippen LogP contribution in [0.25, 0.3) is 32.3 Å². The van der Waals surface area contributed by atoms with Gasteiger partial charge >= 0.3 is 0 Å². The van der Waals surface area contributed by atoms with Gasteiger partial charge in [0.2, 0.25) is 0 Å². The van der Waals surface area contributed by atoms with Gasteiger partial charge in [-0.2, -0.15) is 0 Å². The molecule has 2 heteroatoms. The molecule has 0 spiro atoms. The van der Waals surface area contributed by atoms with Crippen molar-refractivity contribution in [3.8, 4) is 0 Å². The van der Waals surface area contributed by atoms with Gasteiger partial charge in [0.1, 0.15) is 0 Å². The van der Waals surface area contributed by atoms with Crippen LogP contribution in [0.5, 0.6) is 0 Å². The number of halogens is 2. The minimum atomic E-state index is 0.741. The maximum atomic E-state index is 3.89. The molecule has 0 heterocycles. The lowest BCUT2D eigenvalue weighted by Crippen LogP contribution is -2.10. The first-order chi connectivity index (χ1) is 12.7. The number of hydrogen-bond donors (Lipinski definition) is 0. The normalized spacial score (nSPS) is 18.7. The second-order valence-corrected chi connectivity index (χ2v) is 9.93. The quantitative estimate of drug-likeness (QED) is 0.258. The Morgan fingerprint density at radius 3 is 1.31 bits per heavy atom. The van der Waals surface area contributed by atoms with Gasteiger partial charge in [-0.15, -0.1) is 0 Å². The van der Waals surface area contributed by atoms with Crippen LogP contribution in [0, 0.1) is 0 Å². The van der Waals surface area contributed by atoms with Crippen LogP contribution in [-0.4, -0.2) is 0 Å². The summed E-state index contributed by atoms with van der Waals surface area (Å²) in [6.07, 6.45) is 8.12. The molecule has 0 N–H and O–H groups in total. The predicted molar refractivity (Wildman–Crippen MR) is 119 cm³/mol. The Kier molecular flexibility index (Phi) is 3.48. The summed E-state index contributed by atoms with van der Waals surface area (Å²) in [5, 5.41) is 8.61. The first-order valence-electron chi connectivity index (χ1n) is 9.81. The van der Waals surface area contributed by atoms with Gasteiger partial charge < -0.3 is 0 Å². The van der Waals surface area contributed by atoms with Crippen LogP contribution in [0.15, 0.2) is 45.3 Å². The number of rotatable bonds is 2. The Hall–Kier alpha value is -1.12. The summed E-state index contributed by atoms with van der Waals surface area (Å²) in [5.74, 6) is 1.48. The summed E-state index contributed by atoms with van der Waals surface area (Å²) in [6.45, 7) is 0. The molecule has 26 heavy (non-hydrogen) atoms. The first kappa shape index (κ1) is 15.9. The molecule has 0 atom stereocenters. The average Bonchev–Trinajstić information content (AvgIpc) is 2.54. The first-order valence-corrected chi connectivity index (χ1v) is 11.4. The van der Waals surface area contributed by atoms with Crippen LogP contribution in [0.3, 0.4) is 0 Å². The van der Waals surface area contributed by atoms with E-state index in [1.165, 1.54) is 79.8 Å². The lowest BCUT2D eigenvalue weighted by atomic mass is 9.75. The van der Waals surface area contributed by atoms with E-state index in [0.717, 1.165) is 11.8 Å². The van der Waals surface area contributed by atoms with Crippen molar-refractivity contribution >= 4 is 64.2 Å². The summed E-state index contributed by atoms with van der Waals surface area (Å²) in [4.78, 5) is 0. The van der Waals surface area contributed by atoms with Crippen molar-refractivity contribution in [2.24, 2.45) is 0 Å². The third kappa shape index (κ3) is 2.06. The maximum Gasteiger partial charge on any atom is 0.0257 e. The van der Waals surface area contributed by atoms with E-state index in [4.69, 9.17) is 0 Å². The van der Waals surface area contributed by atoms with Crippen LogP contribution in [0.2, 0.25) is 0 Å². The maximum absolute atomic E-state index is 3.89. The molecule has 0 aliphatic heterocycles. The van der Waals surface area contributed by atoms with Gasteiger partial charge in [0, 0.05) is 8.95 Å². The van der Waals surface area contributed by atoms with Gasteiger partial charge in [0.05, 0.1) is 0 Å². The third-order valence-corrected chi connectivity index (χ3v) is 8.26. The highest BCUT2D eigenvalue weighted by molar-refractivity contribution is 9.11. The zero-order valence-electron chi connectivity index (χ0n) is 14.6. The molecular formula is C24H20Br2. The Balaban J connectivity index is 1.80. The van der Waals surface area contributed by atoms with Gasteiger partial charge in [-0.1, -0.05) is 69.0 Å². The van der Waals surface area contributed by atoms with E-state index in [0.29, 0.717) is 0 Å². The molecular weight excluding hydrogens is 448 g/mol. The van der Waals surface area contributed by atoms with E-state index >= 15 is 0 Å². The molecule has 0 saturated heterocycles. The lowest BCUT2D eigenvalue weighted by molar-refractivity contribution is 0.422. The molecule has 2 saturated carbocycles. The number of hydrogen-bond acceptors (Lipinski definition) is 0. The van der Waals surface area contributed by atoms with Crippen molar-refractivity contribution in [2.75, 3.05) is 0 Å². The SMILES string of the molecule is Brc1cc(C2CCC2)c2ccc3c(Br)cc(C4CCC4)c4ccc1c2c34. The van der Waals surface area contributed by atoms with Gasteiger partial charge in [-0.25, -0.2) is 0 Å². The van der Waals surface area contributed by atoms with Crippen LogP contribution >= 0.6 is 31.9 Å². The molecule has 6 rings (SSSR count). The van der Waals surface area contributed by atoms with Gasteiger partial charge in [0.25, 0.3) is 0 Å². The molecule has 130 valence electrons. The fraction of sp³-hybridized carbons (Fsp3) is 0.333. The Labute approximate surface area is 170 Å². The molecule has 0 amide bonds. The van der Waals surface area contributed by atoms with Crippen molar-refractivity contribution in [3.63, 3.8) is 0 Å². The van der Waals surface area contributed by atoms with E-state index in [1.807, 2.05) is 0 Å². The van der Waals surface area contributed by atoms with Crippen LogP contribution in [-0.2, 0) is 0 Å². The van der Waals surface area contributed by atoms with E-state index < -0.39 is 0 Å². The highest BCUT2D eigenvalue weighted by atomic mass is 79.9. The summed E-state index contributed by atoms with van der Waals surface area (Å²) in [6, 6.07) is 14.2. The van der Waals surface area contributed by atoms with Crippen LogP contribution < -0.4 is 0 Å². The van der Waals surface area contributed by atoms with E-state index in [-0.39, 0.29) is 0 Å². The average molecular weight is 468 g/mol. The fourth-order valence-corrected chi connectivity index (χ4v) is 6.23. The molecule has 4 aromatic carbocycles. The molecule has 0 bridgehead atoms. The highest BCUT2D eigenvalue weighted by Crippen LogP contribution is 2.49. The third-order valence-electron chi connectivity index (χ3n) is 6.95. The summed E-state index contributed by atoms with van der Waals surface area (Å²) in [5.41, 5.74) is 3.10. The standard InChI is InChI=1S/C24H20Br2/c25-21-11-19(13-3-1-4-13)15-7-9-18-22(26)12-20(14-5-2-6-14)16-8-10-17(21)23(15)24(16)18/h7-14H,1-6H2. The molecule has 0 nitrogen and oxygen atoms in total. The van der Waals surface area contributed by atoms with Gasteiger partial charge in [-0.05, 0) is 93.1 Å². The van der Waals surface area contributed by atoms with Crippen molar-refractivity contribution in [2.45, 2.75) is 50.4 Å². The van der Waals surface area contributed by atoms with Crippen molar-refractivity contribution in [3.05, 3.63) is 56.5 Å². The molecule has 0 unspecified atom stereocenters. The van der Waals surface area contributed by atoms with Crippen LogP contribution in [0.4, 0.5) is 0 Å². The van der Waals surface area contributed by atoms with Crippen LogP contribution in [0.1, 0.15) is 61.5 Å². The van der Waals surface area contributed by atoms with E-state index in [2.05, 4.69) is 68.3 Å². The predicted octanol–water partition coefficient (Wildman–Crippen LogP) is 8.64. The summed E-state index contributed by atoms with van der Waals surface area (Å²) >= 11 is 7.79. The minimum Gasteiger partial charge on any atom is -0.0534 e. The monoisotopic (exact) mass is 466 g/mol. The Morgan fingerprint density at radius 2 is 0.962 bits per heavy atom. The molecule has 2 fully saturated rings. The van der Waals surface area contributed by atoms with Gasteiger partial charge in [0.15, 0.2) is 0 Å². The zero-order chi connectivity index (χ0) is 17.4. The van der Waals surface area contributed by atoms with Crippen molar-refractivity contribution in [1.29, 1.82) is 0 Å². The Morgan fingerprint density at radius 1 is 0.577 bits per heavy atom. The van der Waals surface area contributed by atoms with Gasteiger partial charge in [-0.3, -0.25) is 0 Å². The second-order valence-electron chi connectivity index (χ2n) is 8.22. The zero-order valence-corrected chi connectivity index (χ0v) is 17.8. The topological polar surface area (TPSA) is 0 Å². The Bertz CT molecular complexity index is 1070. The molecule has 0 aromatic heterocycles. The molecule has 2 aliphatic rings. The van der Waals surface area contributed by atoms with E-state index in [9.17, 15) is 0 Å². The second kappa shape index (κ2) is 5.69. The number of benzene rings is 4. The van der Waals surface area contributed by atoms with Crippen molar-refractivity contribution in [1.82, 2.24) is 0 Å². The largest absolute Gasteiger partial charge is 0.0534 e. The lowest BCUT2D eigenvalue weighted by Gasteiger charge is -2.30. The minimum absolute atomic E-state index is 0.741. The smallest absolute Gasteiger partial charge is 0.0257 e. The molecule has 4 aromatic rings. The molecule has 2 aliphatic carbocycles. The van der Waals surface area contributed by atoms with E-state index in [1.54, 1.807) is 11.1 Å². The molecule has 0 radical (unpaired) electrons. The van der Waals surface area contributed by atoms with Crippen molar-refractivity contribution < 1.29 is 0 Å². The fourth-order valence-electron chi connectivity index (χ4n) is 5.07. The summed E-state index contributed by atoms with van der Waals surface area (Å²) < 4.78 is 2.51. The highest BCUT2D eigenvalue weighted by Gasteiger charge is 2.27. The summed E-state index contributed by atoms with van der Waals surface area (Å²) in [7, 11) is 0.